The molecule has 12 heteroatoms. The number of nitrogens with two attached hydrogens (primary N) is 1. The maximum absolute atomic E-state index is 12.8. The average Bonchev–Trinajstić information content (AvgIpc) is 3.40. The van der Waals surface area contributed by atoms with E-state index in [1.807, 2.05) is 50.5 Å². The van der Waals surface area contributed by atoms with E-state index in [0.717, 1.165) is 28.2 Å². The van der Waals surface area contributed by atoms with Gasteiger partial charge in [-0.05, 0) is 71.2 Å². The number of rotatable bonds is 11. The molecule has 10 nitrogen and oxygen atoms in total. The number of carbonyl (C=O) groups excluding carboxylic acids is 3. The summed E-state index contributed by atoms with van der Waals surface area (Å²) in [4.78, 5) is 37.5. The third-order valence-electron chi connectivity index (χ3n) is 5.79. The first-order valence-electron chi connectivity index (χ1n) is 12.2. The number of thiophene rings is 1. The van der Waals surface area contributed by atoms with Crippen LogP contribution in [-0.2, 0) is 16.1 Å². The Morgan fingerprint density at radius 3 is 2.47 bits per heavy atom. The van der Waals surface area contributed by atoms with Crippen LogP contribution in [0.15, 0.2) is 23.4 Å². The number of carbonyl (C=O) groups is 3. The van der Waals surface area contributed by atoms with Gasteiger partial charge < -0.3 is 25.1 Å². The molecule has 204 valence electrons. The minimum Gasteiger partial charge on any atom is -0.482 e. The lowest BCUT2D eigenvalue weighted by atomic mass is 10.1. The lowest BCUT2D eigenvalue weighted by molar-refractivity contribution is -0.113. The molecule has 1 atom stereocenters. The van der Waals surface area contributed by atoms with Gasteiger partial charge in [-0.25, -0.2) is 4.79 Å². The van der Waals surface area contributed by atoms with Crippen LogP contribution < -0.4 is 15.8 Å². The summed E-state index contributed by atoms with van der Waals surface area (Å²) < 4.78 is 13.4. The van der Waals surface area contributed by atoms with Crippen LogP contribution >= 0.6 is 23.1 Å². The van der Waals surface area contributed by atoms with Crippen molar-refractivity contribution in [1.82, 2.24) is 14.8 Å². The van der Waals surface area contributed by atoms with Crippen LogP contribution in [0.5, 0.6) is 5.75 Å². The predicted octanol–water partition coefficient (Wildman–Crippen LogP) is 4.82. The second-order valence-corrected chi connectivity index (χ2v) is 10.9. The second kappa shape index (κ2) is 12.4. The molecule has 1 unspecified atom stereocenters. The van der Waals surface area contributed by atoms with E-state index in [1.54, 1.807) is 20.8 Å². The monoisotopic (exact) mass is 559 g/mol. The van der Waals surface area contributed by atoms with Gasteiger partial charge in [0, 0.05) is 6.54 Å². The molecule has 3 aromatic rings. The summed E-state index contributed by atoms with van der Waals surface area (Å²) in [6, 6.07) is 5.90. The second-order valence-electron chi connectivity index (χ2n) is 8.96. The quantitative estimate of drug-likeness (QED) is 0.252. The maximum Gasteiger partial charge on any atom is 0.341 e. The molecule has 0 aliphatic carbocycles. The summed E-state index contributed by atoms with van der Waals surface area (Å²) in [5.74, 6) is -0.247. The Hall–Kier alpha value is -3.38. The first-order chi connectivity index (χ1) is 17.9. The molecule has 3 rings (SSSR count). The largest absolute Gasteiger partial charge is 0.482 e. The Balaban J connectivity index is 1.73. The summed E-state index contributed by atoms with van der Waals surface area (Å²) in [5.41, 5.74) is 8.17. The number of aryl methyl sites for hydroxylation is 1. The van der Waals surface area contributed by atoms with Crippen LogP contribution in [0.25, 0.3) is 0 Å². The summed E-state index contributed by atoms with van der Waals surface area (Å²) in [5, 5.41) is 12.1. The molecule has 3 N–H and O–H groups in total. The van der Waals surface area contributed by atoms with E-state index in [2.05, 4.69) is 15.5 Å². The molecule has 0 aliphatic rings. The zero-order valence-electron chi connectivity index (χ0n) is 22.6. The molecule has 2 aromatic heterocycles. The third kappa shape index (κ3) is 6.54. The van der Waals surface area contributed by atoms with Crippen molar-refractivity contribution < 1.29 is 23.9 Å². The number of thioether (sulfide) groups is 1. The smallest absolute Gasteiger partial charge is 0.341 e. The molecule has 0 saturated carbocycles. The summed E-state index contributed by atoms with van der Waals surface area (Å²) >= 11 is 2.16. The number of benzene rings is 1. The van der Waals surface area contributed by atoms with Gasteiger partial charge in [0.25, 0.3) is 5.91 Å². The van der Waals surface area contributed by atoms with Crippen LogP contribution in [0.2, 0.25) is 0 Å². The molecule has 0 spiro atoms. The molecular formula is C26H33N5O5S2. The fraction of sp³-hybridized carbons (Fsp3) is 0.423. The van der Waals surface area contributed by atoms with Crippen LogP contribution in [0.1, 0.15) is 76.3 Å². The van der Waals surface area contributed by atoms with Gasteiger partial charge in [0.1, 0.15) is 10.8 Å². The lowest BCUT2D eigenvalue weighted by Gasteiger charge is -2.17. The van der Waals surface area contributed by atoms with E-state index in [9.17, 15) is 14.4 Å². The lowest BCUT2D eigenvalue weighted by Crippen LogP contribution is -2.18. The van der Waals surface area contributed by atoms with Gasteiger partial charge in [0.2, 0.25) is 5.91 Å². The Labute approximate surface area is 230 Å². The number of primary amides is 1. The van der Waals surface area contributed by atoms with E-state index in [-0.39, 0.29) is 39.3 Å². The van der Waals surface area contributed by atoms with Crippen molar-refractivity contribution in [3.8, 4) is 5.75 Å². The number of aromatic nitrogens is 3. The Kier molecular flexibility index (Phi) is 9.55. The van der Waals surface area contributed by atoms with E-state index in [1.165, 1.54) is 11.8 Å². The minimum atomic E-state index is -0.679. The Morgan fingerprint density at radius 2 is 1.84 bits per heavy atom. The number of hydrogen-bond acceptors (Lipinski definition) is 9. The van der Waals surface area contributed by atoms with Gasteiger partial charge in [-0.15, -0.1) is 21.5 Å². The number of hydrogen-bond donors (Lipinski definition) is 2. The normalized spacial score (nSPS) is 11.9. The number of ether oxygens (including phenoxy) is 2. The van der Waals surface area contributed by atoms with Crippen molar-refractivity contribution in [2.24, 2.45) is 5.73 Å². The molecular weight excluding hydrogens is 526 g/mol. The number of anilines is 1. The fourth-order valence-corrected chi connectivity index (χ4v) is 5.62. The molecule has 2 heterocycles. The highest BCUT2D eigenvalue weighted by molar-refractivity contribution is 7.99. The SMILES string of the molecule is CCn1c(SCC(=O)Nc2sc(C(N)=O)c(C)c2C(=O)OC(C)C)nnc1C(C)Oc1cccc(C)c1C. The number of nitrogens with zero attached hydrogens (tertiary/aromatic N) is 3. The number of nitrogens with one attached hydrogen (secondary N) is 1. The van der Waals surface area contributed by atoms with Gasteiger partial charge in [0.05, 0.1) is 22.3 Å². The van der Waals surface area contributed by atoms with Crippen molar-refractivity contribution in [3.63, 3.8) is 0 Å². The topological polar surface area (TPSA) is 138 Å². The van der Waals surface area contributed by atoms with Crippen molar-refractivity contribution in [2.75, 3.05) is 11.1 Å². The molecule has 1 aromatic carbocycles. The van der Waals surface area contributed by atoms with E-state index >= 15 is 0 Å². The van der Waals surface area contributed by atoms with Crippen molar-refractivity contribution in [3.05, 3.63) is 51.2 Å². The molecule has 0 aliphatic heterocycles. The summed E-state index contributed by atoms with van der Waals surface area (Å²) in [6.07, 6.45) is -0.726. The van der Waals surface area contributed by atoms with E-state index < -0.39 is 11.9 Å². The van der Waals surface area contributed by atoms with E-state index in [0.29, 0.717) is 23.1 Å². The highest BCUT2D eigenvalue weighted by atomic mass is 32.2. The first-order valence-corrected chi connectivity index (χ1v) is 14.0. The van der Waals surface area contributed by atoms with Crippen LogP contribution in [0.3, 0.4) is 0 Å². The number of esters is 1. The fourth-order valence-electron chi connectivity index (χ4n) is 3.75. The van der Waals surface area contributed by atoms with Gasteiger partial charge >= 0.3 is 5.97 Å². The summed E-state index contributed by atoms with van der Waals surface area (Å²) in [7, 11) is 0. The maximum atomic E-state index is 12.8. The van der Waals surface area contributed by atoms with Gasteiger partial charge in [-0.3, -0.25) is 9.59 Å². The number of amides is 2. The van der Waals surface area contributed by atoms with Crippen molar-refractivity contribution in [2.45, 2.75) is 72.4 Å². The average molecular weight is 560 g/mol. The molecule has 2 amide bonds. The predicted molar refractivity (Wildman–Crippen MR) is 148 cm³/mol. The molecule has 0 fully saturated rings. The Bertz CT molecular complexity index is 1350. The Morgan fingerprint density at radius 1 is 1.13 bits per heavy atom. The van der Waals surface area contributed by atoms with Crippen LogP contribution in [0.4, 0.5) is 5.00 Å². The first kappa shape index (κ1) is 29.2. The van der Waals surface area contributed by atoms with Crippen LogP contribution in [-0.4, -0.2) is 44.4 Å². The molecule has 0 bridgehead atoms. The van der Waals surface area contributed by atoms with Crippen LogP contribution in [0, 0.1) is 20.8 Å². The minimum absolute atomic E-state index is 0.00583. The van der Waals surface area contributed by atoms with Gasteiger partial charge in [-0.1, -0.05) is 23.9 Å². The van der Waals surface area contributed by atoms with Gasteiger partial charge in [0.15, 0.2) is 17.1 Å². The highest BCUT2D eigenvalue weighted by Gasteiger charge is 2.27. The zero-order chi connectivity index (χ0) is 28.1. The summed E-state index contributed by atoms with van der Waals surface area (Å²) in [6.45, 7) is 13.5. The van der Waals surface area contributed by atoms with Gasteiger partial charge in [-0.2, -0.15) is 0 Å². The highest BCUT2D eigenvalue weighted by Crippen LogP contribution is 2.34. The molecule has 0 radical (unpaired) electrons. The molecule has 38 heavy (non-hydrogen) atoms. The standard InChI is InChI=1S/C26H33N5O5S2/c1-8-31-23(17(7)36-18-11-9-10-14(4)15(18)5)29-30-26(31)37-12-19(32)28-24-20(25(34)35-13(2)3)16(6)21(38-24)22(27)33/h9-11,13,17H,8,12H2,1-7H3,(H2,27,33)(H,28,32). The van der Waals surface area contributed by atoms with E-state index in [4.69, 9.17) is 15.2 Å². The molecule has 0 saturated heterocycles. The van der Waals surface area contributed by atoms with Crippen molar-refractivity contribution in [1.29, 1.82) is 0 Å². The zero-order valence-corrected chi connectivity index (χ0v) is 24.2. The van der Waals surface area contributed by atoms with Crippen molar-refractivity contribution >= 4 is 45.9 Å². The third-order valence-corrected chi connectivity index (χ3v) is 7.98.